The maximum absolute atomic E-state index is 13.0. The van der Waals surface area contributed by atoms with Crippen molar-refractivity contribution < 1.29 is 14.5 Å². The fraction of sp³-hybridized carbons (Fsp3) is 0.286. The van der Waals surface area contributed by atoms with E-state index in [1.54, 1.807) is 12.1 Å². The third-order valence-electron chi connectivity index (χ3n) is 4.99. The van der Waals surface area contributed by atoms with Crippen LogP contribution in [0.25, 0.3) is 10.1 Å². The Morgan fingerprint density at radius 2 is 1.93 bits per heavy atom. The van der Waals surface area contributed by atoms with Crippen LogP contribution in [0.15, 0.2) is 54.6 Å². The highest BCUT2D eigenvalue weighted by Crippen LogP contribution is 2.29. The number of nitrogens with zero attached hydrogens (tertiary/aromatic N) is 2. The van der Waals surface area contributed by atoms with E-state index in [-0.39, 0.29) is 17.6 Å². The van der Waals surface area contributed by atoms with Crippen LogP contribution in [0.5, 0.6) is 0 Å². The largest absolute Gasteiger partial charge is 0.379 e. The summed E-state index contributed by atoms with van der Waals surface area (Å²) in [6, 6.07) is 16.1. The Hall–Kier alpha value is -2.81. The first-order valence-corrected chi connectivity index (χ1v) is 10.3. The first-order valence-electron chi connectivity index (χ1n) is 9.44. The SMILES string of the molecule is O=C(NC(CN1CCOCC1)c1ccccc1)c1cc2cc([N+](=O)[O-])ccc2s1. The van der Waals surface area contributed by atoms with Gasteiger partial charge in [-0.3, -0.25) is 19.8 Å². The molecule has 3 aromatic rings. The molecule has 0 radical (unpaired) electrons. The minimum atomic E-state index is -0.426. The Kier molecular flexibility index (Phi) is 5.84. The van der Waals surface area contributed by atoms with Gasteiger partial charge in [0, 0.05) is 41.9 Å². The van der Waals surface area contributed by atoms with Crippen LogP contribution in [0.3, 0.4) is 0 Å². The van der Waals surface area contributed by atoms with Crippen molar-refractivity contribution in [1.82, 2.24) is 10.2 Å². The van der Waals surface area contributed by atoms with Crippen molar-refractivity contribution in [3.05, 3.63) is 75.2 Å². The Balaban J connectivity index is 1.55. The molecule has 2 aromatic carbocycles. The van der Waals surface area contributed by atoms with E-state index in [0.29, 0.717) is 30.0 Å². The molecule has 0 bridgehead atoms. The van der Waals surface area contributed by atoms with Gasteiger partial charge in [-0.05, 0) is 17.7 Å². The van der Waals surface area contributed by atoms with Crippen molar-refractivity contribution in [2.24, 2.45) is 0 Å². The van der Waals surface area contributed by atoms with E-state index in [1.807, 2.05) is 30.3 Å². The highest BCUT2D eigenvalue weighted by atomic mass is 32.1. The number of nitrogens with one attached hydrogen (secondary N) is 1. The molecule has 1 aromatic heterocycles. The predicted octanol–water partition coefficient (Wildman–Crippen LogP) is 3.61. The number of nitro benzene ring substituents is 1. The third-order valence-corrected chi connectivity index (χ3v) is 6.10. The molecule has 1 aliphatic heterocycles. The van der Waals surface area contributed by atoms with Crippen LogP contribution in [-0.2, 0) is 4.74 Å². The number of hydrogen-bond acceptors (Lipinski definition) is 6. The Morgan fingerprint density at radius 3 is 2.66 bits per heavy atom. The quantitative estimate of drug-likeness (QED) is 0.495. The minimum Gasteiger partial charge on any atom is -0.379 e. The van der Waals surface area contributed by atoms with Crippen LogP contribution in [0, 0.1) is 10.1 Å². The summed E-state index contributed by atoms with van der Waals surface area (Å²) in [6.07, 6.45) is 0. The molecule has 0 spiro atoms. The van der Waals surface area contributed by atoms with Gasteiger partial charge in [-0.25, -0.2) is 0 Å². The molecule has 0 aliphatic carbocycles. The van der Waals surface area contributed by atoms with E-state index in [9.17, 15) is 14.9 Å². The second-order valence-electron chi connectivity index (χ2n) is 6.94. The smallest absolute Gasteiger partial charge is 0.270 e. The van der Waals surface area contributed by atoms with Crippen molar-refractivity contribution in [2.45, 2.75) is 6.04 Å². The van der Waals surface area contributed by atoms with E-state index in [1.165, 1.54) is 23.5 Å². The van der Waals surface area contributed by atoms with Crippen molar-refractivity contribution in [3.63, 3.8) is 0 Å². The van der Waals surface area contributed by atoms with Gasteiger partial charge in [0.2, 0.25) is 0 Å². The lowest BCUT2D eigenvalue weighted by molar-refractivity contribution is -0.384. The number of benzene rings is 2. The number of thiophene rings is 1. The summed E-state index contributed by atoms with van der Waals surface area (Å²) >= 11 is 1.34. The molecule has 7 nitrogen and oxygen atoms in total. The Bertz CT molecular complexity index is 1020. The van der Waals surface area contributed by atoms with E-state index in [2.05, 4.69) is 10.2 Å². The normalized spacial score (nSPS) is 15.9. The highest BCUT2D eigenvalue weighted by Gasteiger charge is 2.22. The lowest BCUT2D eigenvalue weighted by Crippen LogP contribution is -2.43. The fourth-order valence-electron chi connectivity index (χ4n) is 3.45. The summed E-state index contributed by atoms with van der Waals surface area (Å²) in [6.45, 7) is 3.78. The zero-order chi connectivity index (χ0) is 20.2. The number of fused-ring (bicyclic) bond motifs is 1. The van der Waals surface area contributed by atoms with E-state index >= 15 is 0 Å². The molecular formula is C21H21N3O4S. The van der Waals surface area contributed by atoms with Crippen LogP contribution in [-0.4, -0.2) is 48.6 Å². The van der Waals surface area contributed by atoms with E-state index < -0.39 is 4.92 Å². The summed E-state index contributed by atoms with van der Waals surface area (Å²) in [5, 5.41) is 14.9. The average Bonchev–Trinajstić information content (AvgIpc) is 3.18. The summed E-state index contributed by atoms with van der Waals surface area (Å²) in [5.41, 5.74) is 1.07. The molecule has 150 valence electrons. The average molecular weight is 411 g/mol. The number of morpholine rings is 1. The summed E-state index contributed by atoms with van der Waals surface area (Å²) in [7, 11) is 0. The predicted molar refractivity (Wildman–Crippen MR) is 112 cm³/mol. The highest BCUT2D eigenvalue weighted by molar-refractivity contribution is 7.20. The molecule has 8 heteroatoms. The summed E-state index contributed by atoms with van der Waals surface area (Å²) in [5.74, 6) is -0.170. The van der Waals surface area contributed by atoms with Gasteiger partial charge in [0.25, 0.3) is 11.6 Å². The van der Waals surface area contributed by atoms with E-state index in [4.69, 9.17) is 4.74 Å². The van der Waals surface area contributed by atoms with Gasteiger partial charge in [-0.2, -0.15) is 0 Å². The Morgan fingerprint density at radius 1 is 1.17 bits per heavy atom. The lowest BCUT2D eigenvalue weighted by Gasteiger charge is -2.31. The van der Waals surface area contributed by atoms with Gasteiger partial charge in [0.05, 0.1) is 29.1 Å². The first-order chi connectivity index (χ1) is 14.1. The third kappa shape index (κ3) is 4.61. The van der Waals surface area contributed by atoms with Crippen LogP contribution in [0.4, 0.5) is 5.69 Å². The molecule has 2 heterocycles. The number of non-ortho nitro benzene ring substituents is 1. The number of hydrogen-bond donors (Lipinski definition) is 1. The maximum Gasteiger partial charge on any atom is 0.270 e. The minimum absolute atomic E-state index is 0.0248. The maximum atomic E-state index is 13.0. The van der Waals surface area contributed by atoms with Crippen LogP contribution < -0.4 is 5.32 Å². The molecular weight excluding hydrogens is 390 g/mol. The molecule has 29 heavy (non-hydrogen) atoms. The molecule has 1 unspecified atom stereocenters. The lowest BCUT2D eigenvalue weighted by atomic mass is 10.1. The van der Waals surface area contributed by atoms with E-state index in [0.717, 1.165) is 23.4 Å². The van der Waals surface area contributed by atoms with Crippen molar-refractivity contribution in [2.75, 3.05) is 32.8 Å². The van der Waals surface area contributed by atoms with Gasteiger partial charge in [-0.1, -0.05) is 30.3 Å². The van der Waals surface area contributed by atoms with Crippen molar-refractivity contribution in [3.8, 4) is 0 Å². The summed E-state index contributed by atoms with van der Waals surface area (Å²) < 4.78 is 6.27. The van der Waals surface area contributed by atoms with Crippen LogP contribution in [0.1, 0.15) is 21.3 Å². The van der Waals surface area contributed by atoms with Crippen LogP contribution in [0.2, 0.25) is 0 Å². The second kappa shape index (κ2) is 8.69. The zero-order valence-corrected chi connectivity index (χ0v) is 16.6. The number of carbonyl (C=O) groups excluding carboxylic acids is 1. The molecule has 1 fully saturated rings. The molecule has 1 aliphatic rings. The molecule has 1 N–H and O–H groups in total. The monoisotopic (exact) mass is 411 g/mol. The van der Waals surface area contributed by atoms with Gasteiger partial charge in [0.15, 0.2) is 0 Å². The Labute approximate surface area is 172 Å². The number of amides is 1. The number of nitro groups is 1. The first kappa shape index (κ1) is 19.5. The topological polar surface area (TPSA) is 84.7 Å². The van der Waals surface area contributed by atoms with Gasteiger partial charge >= 0.3 is 0 Å². The number of carbonyl (C=O) groups is 1. The molecule has 1 saturated heterocycles. The molecule has 1 amide bonds. The molecule has 0 saturated carbocycles. The van der Waals surface area contributed by atoms with Gasteiger partial charge in [-0.15, -0.1) is 11.3 Å². The standard InChI is InChI=1S/C21H21N3O4S/c25-21(20-13-16-12-17(24(26)27)6-7-19(16)29-20)22-18(15-4-2-1-3-5-15)14-23-8-10-28-11-9-23/h1-7,12-13,18H,8-11,14H2,(H,22,25). The second-order valence-corrected chi connectivity index (χ2v) is 8.02. The van der Waals surface area contributed by atoms with Crippen LogP contribution >= 0.6 is 11.3 Å². The fourth-order valence-corrected chi connectivity index (χ4v) is 4.39. The molecule has 1 atom stereocenters. The van der Waals surface area contributed by atoms with Crippen molar-refractivity contribution >= 4 is 33.0 Å². The zero-order valence-electron chi connectivity index (χ0n) is 15.7. The summed E-state index contributed by atoms with van der Waals surface area (Å²) in [4.78, 5) is 26.4. The van der Waals surface area contributed by atoms with Gasteiger partial charge in [0.1, 0.15) is 0 Å². The number of rotatable bonds is 6. The molecule has 4 rings (SSSR count). The number of ether oxygens (including phenoxy) is 1. The van der Waals surface area contributed by atoms with Crippen molar-refractivity contribution in [1.29, 1.82) is 0 Å². The van der Waals surface area contributed by atoms with Gasteiger partial charge < -0.3 is 10.1 Å².